The van der Waals surface area contributed by atoms with Gasteiger partial charge in [-0.05, 0) is 41.5 Å². The van der Waals surface area contributed by atoms with Gasteiger partial charge in [-0.15, -0.1) is 0 Å². The number of carbonyl (C=O) groups is 1. The Morgan fingerprint density at radius 3 is 2.76 bits per heavy atom. The Balaban J connectivity index is 2.20. The molecule has 0 bridgehead atoms. The van der Waals surface area contributed by atoms with Gasteiger partial charge >= 0.3 is 5.97 Å². The third-order valence-corrected chi connectivity index (χ3v) is 3.44. The van der Waals surface area contributed by atoms with Crippen LogP contribution in [0.25, 0.3) is 0 Å². The first-order chi connectivity index (χ1) is 10.1. The second-order valence-electron chi connectivity index (χ2n) is 4.46. The minimum Gasteiger partial charge on any atom is -0.469 e. The van der Waals surface area contributed by atoms with Gasteiger partial charge in [-0.3, -0.25) is 4.79 Å². The quantitative estimate of drug-likeness (QED) is 0.613. The summed E-state index contributed by atoms with van der Waals surface area (Å²) < 4.78 is 11.5. The van der Waals surface area contributed by atoms with Crippen molar-refractivity contribution in [1.29, 1.82) is 0 Å². The number of hydrogen-bond acceptors (Lipinski definition) is 3. The molecule has 2 radical (unpaired) electrons. The summed E-state index contributed by atoms with van der Waals surface area (Å²) in [5.41, 5.74) is 1.74. The summed E-state index contributed by atoms with van der Waals surface area (Å²) in [6.45, 7) is 0. The minimum absolute atomic E-state index is 0.220. The van der Waals surface area contributed by atoms with Crippen molar-refractivity contribution < 1.29 is 14.3 Å². The Bertz CT molecular complexity index is 643. The molecule has 0 fully saturated rings. The van der Waals surface area contributed by atoms with Gasteiger partial charge in [0.05, 0.1) is 21.4 Å². The lowest BCUT2D eigenvalue weighted by molar-refractivity contribution is -0.139. The van der Waals surface area contributed by atoms with Crippen molar-refractivity contribution in [2.75, 3.05) is 7.11 Å². The lowest BCUT2D eigenvalue weighted by atomic mass is 9.96. The van der Waals surface area contributed by atoms with Gasteiger partial charge in [0.2, 0.25) is 0 Å². The molecule has 2 rings (SSSR count). The maximum Gasteiger partial charge on any atom is 0.309 e. The van der Waals surface area contributed by atoms with Gasteiger partial charge in [-0.2, -0.15) is 0 Å². The molecule has 21 heavy (non-hydrogen) atoms. The van der Waals surface area contributed by atoms with Crippen molar-refractivity contribution >= 4 is 29.7 Å². The van der Waals surface area contributed by atoms with E-state index in [1.54, 1.807) is 0 Å². The molecule has 0 heterocycles. The topological polar surface area (TPSA) is 35.5 Å². The molecule has 5 heteroatoms. The van der Waals surface area contributed by atoms with Crippen molar-refractivity contribution in [3.63, 3.8) is 0 Å². The van der Waals surface area contributed by atoms with Gasteiger partial charge in [0.15, 0.2) is 0 Å². The minimum atomic E-state index is -0.279. The van der Waals surface area contributed by atoms with Crippen molar-refractivity contribution in [3.05, 3.63) is 58.1 Å². The molecule has 3 nitrogen and oxygen atoms in total. The highest BCUT2D eigenvalue weighted by Crippen LogP contribution is 2.28. The number of benzene rings is 2. The standard InChI is InChI=1S/C16H14BBrO3/c1-20-16(19)8-11-3-2-4-14(7-11)21-15-6-5-13(18)9-12(15)10-17/h2-7,9H,8,10H2,1H3. The van der Waals surface area contributed by atoms with E-state index >= 15 is 0 Å². The Kier molecular flexibility index (Phi) is 5.45. The van der Waals surface area contributed by atoms with E-state index in [1.165, 1.54) is 7.11 Å². The number of ether oxygens (including phenoxy) is 2. The van der Waals surface area contributed by atoms with Gasteiger partial charge in [0, 0.05) is 4.47 Å². The van der Waals surface area contributed by atoms with Gasteiger partial charge < -0.3 is 9.47 Å². The van der Waals surface area contributed by atoms with Crippen LogP contribution in [0.4, 0.5) is 0 Å². The zero-order valence-electron chi connectivity index (χ0n) is 11.6. The summed E-state index contributed by atoms with van der Waals surface area (Å²) >= 11 is 3.41. The van der Waals surface area contributed by atoms with E-state index in [4.69, 9.17) is 12.6 Å². The molecule has 0 aliphatic carbocycles. The highest BCUT2D eigenvalue weighted by molar-refractivity contribution is 9.10. The highest BCUT2D eigenvalue weighted by Gasteiger charge is 2.07. The molecule has 2 aromatic rings. The van der Waals surface area contributed by atoms with E-state index < -0.39 is 0 Å². The van der Waals surface area contributed by atoms with E-state index in [9.17, 15) is 4.79 Å². The number of hydrogen-bond donors (Lipinski definition) is 0. The molecule has 2 aromatic carbocycles. The number of carbonyl (C=O) groups excluding carboxylic acids is 1. The molecular formula is C16H14BBrO3. The van der Waals surface area contributed by atoms with Crippen LogP contribution in [-0.4, -0.2) is 20.9 Å². The highest BCUT2D eigenvalue weighted by atomic mass is 79.9. The summed E-state index contributed by atoms with van der Waals surface area (Å²) in [6.07, 6.45) is 0.606. The molecule has 0 saturated heterocycles. The molecule has 0 saturated carbocycles. The van der Waals surface area contributed by atoms with Gasteiger partial charge in [-0.25, -0.2) is 0 Å². The zero-order valence-corrected chi connectivity index (χ0v) is 13.2. The average molecular weight is 345 g/mol. The first-order valence-corrected chi connectivity index (χ1v) is 7.24. The largest absolute Gasteiger partial charge is 0.469 e. The summed E-state index contributed by atoms with van der Waals surface area (Å²) in [7, 11) is 7.10. The van der Waals surface area contributed by atoms with Crippen LogP contribution in [0.2, 0.25) is 0 Å². The molecule has 0 aliphatic heterocycles. The van der Waals surface area contributed by atoms with Crippen LogP contribution in [0.3, 0.4) is 0 Å². The maximum absolute atomic E-state index is 11.3. The maximum atomic E-state index is 11.3. The van der Waals surface area contributed by atoms with E-state index in [0.29, 0.717) is 17.8 Å². The Morgan fingerprint density at radius 1 is 1.24 bits per heavy atom. The molecule has 0 atom stereocenters. The fourth-order valence-electron chi connectivity index (χ4n) is 1.89. The molecule has 0 unspecified atom stereocenters. The Labute approximate surface area is 133 Å². The molecule has 0 aromatic heterocycles. The number of rotatable bonds is 5. The van der Waals surface area contributed by atoms with Gasteiger partial charge in [0.1, 0.15) is 11.5 Å². The van der Waals surface area contributed by atoms with E-state index in [-0.39, 0.29) is 12.4 Å². The van der Waals surface area contributed by atoms with Crippen LogP contribution in [0.15, 0.2) is 46.9 Å². The Morgan fingerprint density at radius 2 is 2.05 bits per heavy atom. The monoisotopic (exact) mass is 344 g/mol. The van der Waals surface area contributed by atoms with Gasteiger partial charge in [0.25, 0.3) is 0 Å². The van der Waals surface area contributed by atoms with Crippen LogP contribution in [0.1, 0.15) is 11.1 Å². The van der Waals surface area contributed by atoms with Gasteiger partial charge in [-0.1, -0.05) is 34.4 Å². The Hall–Kier alpha value is -1.75. The van der Waals surface area contributed by atoms with E-state index in [0.717, 1.165) is 15.6 Å². The summed E-state index contributed by atoms with van der Waals surface area (Å²) in [5.74, 6) is 1.09. The molecule has 0 spiro atoms. The molecule has 0 N–H and O–H groups in total. The fraction of sp³-hybridized carbons (Fsp3) is 0.188. The third kappa shape index (κ3) is 4.36. The molecule has 106 valence electrons. The predicted octanol–water partition coefficient (Wildman–Crippen LogP) is 3.63. The molecule has 0 amide bonds. The van der Waals surface area contributed by atoms with Crippen LogP contribution in [-0.2, 0) is 22.3 Å². The number of methoxy groups -OCH3 is 1. The van der Waals surface area contributed by atoms with Crippen molar-refractivity contribution in [2.45, 2.75) is 12.7 Å². The lowest BCUT2D eigenvalue weighted by Gasteiger charge is -2.11. The van der Waals surface area contributed by atoms with Crippen LogP contribution >= 0.6 is 15.9 Å². The SMILES string of the molecule is [B]Cc1cc(Br)ccc1Oc1cccc(CC(=O)OC)c1. The van der Waals surface area contributed by atoms with Crippen LogP contribution in [0.5, 0.6) is 11.5 Å². The van der Waals surface area contributed by atoms with E-state index in [1.807, 2.05) is 42.5 Å². The second kappa shape index (κ2) is 7.32. The number of halogens is 1. The lowest BCUT2D eigenvalue weighted by Crippen LogP contribution is -2.04. The first-order valence-electron chi connectivity index (χ1n) is 6.44. The van der Waals surface area contributed by atoms with Crippen molar-refractivity contribution in [3.8, 4) is 11.5 Å². The summed E-state index contributed by atoms with van der Waals surface area (Å²) in [5, 5.41) is 0. The molecular weight excluding hydrogens is 331 g/mol. The second-order valence-corrected chi connectivity index (χ2v) is 5.37. The van der Waals surface area contributed by atoms with Crippen LogP contribution in [0, 0.1) is 0 Å². The van der Waals surface area contributed by atoms with E-state index in [2.05, 4.69) is 20.7 Å². The zero-order chi connectivity index (χ0) is 15.2. The fourth-order valence-corrected chi connectivity index (χ4v) is 2.30. The number of esters is 1. The van der Waals surface area contributed by atoms with Crippen LogP contribution < -0.4 is 4.74 Å². The van der Waals surface area contributed by atoms with Crippen molar-refractivity contribution in [2.24, 2.45) is 0 Å². The first kappa shape index (κ1) is 15.6. The normalized spacial score (nSPS) is 10.2. The summed E-state index contributed by atoms with van der Waals surface area (Å²) in [4.78, 5) is 11.3. The molecule has 0 aliphatic rings. The average Bonchev–Trinajstić information content (AvgIpc) is 2.49. The smallest absolute Gasteiger partial charge is 0.309 e. The third-order valence-electron chi connectivity index (χ3n) is 2.94. The summed E-state index contributed by atoms with van der Waals surface area (Å²) in [6, 6.07) is 13.0. The predicted molar refractivity (Wildman–Crippen MR) is 85.8 cm³/mol. The van der Waals surface area contributed by atoms with Crippen molar-refractivity contribution in [1.82, 2.24) is 0 Å².